The Labute approximate surface area is 137 Å². The van der Waals surface area contributed by atoms with E-state index < -0.39 is 0 Å². The molecule has 108 valence electrons. The van der Waals surface area contributed by atoms with Crippen LogP contribution in [0.3, 0.4) is 0 Å². The summed E-state index contributed by atoms with van der Waals surface area (Å²) >= 11 is 11.9. The number of nitrogens with one attached hydrogen (secondary N) is 1. The van der Waals surface area contributed by atoms with E-state index in [2.05, 4.69) is 5.32 Å². The number of rotatable bonds is 4. The minimum absolute atomic E-state index is 0.00623. The molecule has 4 nitrogen and oxygen atoms in total. The average molecular weight is 330 g/mol. The number of allylic oxidation sites excluding steroid dienone is 1. The summed E-state index contributed by atoms with van der Waals surface area (Å²) in [4.78, 5) is 0. The van der Waals surface area contributed by atoms with Crippen LogP contribution in [0.1, 0.15) is 0 Å². The zero-order valence-electron chi connectivity index (χ0n) is 11.2. The lowest BCUT2D eigenvalue weighted by atomic mass is 10.3. The first-order chi connectivity index (χ1) is 10.6. The van der Waals surface area contributed by atoms with Crippen LogP contribution in [0.4, 0.5) is 5.69 Å². The molecule has 0 atom stereocenters. The number of anilines is 1. The number of hydrogen-bond acceptors (Lipinski definition) is 4. The van der Waals surface area contributed by atoms with Crippen molar-refractivity contribution >= 4 is 28.9 Å². The van der Waals surface area contributed by atoms with Gasteiger partial charge >= 0.3 is 0 Å². The highest BCUT2D eigenvalue weighted by Gasteiger charge is 2.04. The summed E-state index contributed by atoms with van der Waals surface area (Å²) in [6.45, 7) is 0. The van der Waals surface area contributed by atoms with Crippen LogP contribution < -0.4 is 10.1 Å². The maximum absolute atomic E-state index is 8.64. The third-order valence-electron chi connectivity index (χ3n) is 2.60. The smallest absolute Gasteiger partial charge is 0.146 e. The molecule has 0 radical (unpaired) electrons. The SMILES string of the molecule is N#CC(C#N)=CNc1ccc(Oc2ccc(Cl)cc2Cl)cc1. The molecule has 0 aliphatic rings. The molecule has 1 N–H and O–H groups in total. The first kappa shape index (κ1) is 15.7. The van der Waals surface area contributed by atoms with Crippen molar-refractivity contribution < 1.29 is 4.74 Å². The molecule has 0 unspecified atom stereocenters. The predicted octanol–water partition coefficient (Wildman–Crippen LogP) is 5.13. The molecule has 0 heterocycles. The van der Waals surface area contributed by atoms with Crippen molar-refractivity contribution in [3.8, 4) is 23.6 Å². The fraction of sp³-hybridized carbons (Fsp3) is 0. The van der Waals surface area contributed by atoms with Crippen molar-refractivity contribution in [1.82, 2.24) is 0 Å². The third kappa shape index (κ3) is 4.17. The number of halogens is 2. The van der Waals surface area contributed by atoms with Crippen molar-refractivity contribution in [3.63, 3.8) is 0 Å². The van der Waals surface area contributed by atoms with Gasteiger partial charge in [0.1, 0.15) is 29.2 Å². The molecular formula is C16H9Cl2N3O. The van der Waals surface area contributed by atoms with Gasteiger partial charge in [0.25, 0.3) is 0 Å². The summed E-state index contributed by atoms with van der Waals surface area (Å²) in [6, 6.07) is 15.5. The average Bonchev–Trinajstić information content (AvgIpc) is 2.52. The zero-order valence-corrected chi connectivity index (χ0v) is 12.7. The van der Waals surface area contributed by atoms with Gasteiger partial charge in [-0.25, -0.2) is 0 Å². The van der Waals surface area contributed by atoms with E-state index in [-0.39, 0.29) is 5.57 Å². The fourth-order valence-corrected chi connectivity index (χ4v) is 2.00. The van der Waals surface area contributed by atoms with Gasteiger partial charge in [0.05, 0.1) is 5.02 Å². The van der Waals surface area contributed by atoms with Crippen molar-refractivity contribution in [2.24, 2.45) is 0 Å². The Hall–Kier alpha value is -2.66. The second-order valence-electron chi connectivity index (χ2n) is 4.13. The summed E-state index contributed by atoms with van der Waals surface area (Å²) in [5.74, 6) is 1.10. The van der Waals surface area contributed by atoms with E-state index in [1.807, 2.05) is 0 Å². The zero-order chi connectivity index (χ0) is 15.9. The van der Waals surface area contributed by atoms with Gasteiger partial charge in [-0.2, -0.15) is 10.5 Å². The molecule has 6 heteroatoms. The second kappa shape index (κ2) is 7.38. The van der Waals surface area contributed by atoms with Gasteiger partial charge in [-0.3, -0.25) is 0 Å². The van der Waals surface area contributed by atoms with E-state index in [4.69, 9.17) is 38.5 Å². The minimum atomic E-state index is -0.00623. The van der Waals surface area contributed by atoms with Crippen LogP contribution in [-0.2, 0) is 0 Å². The lowest BCUT2D eigenvalue weighted by molar-refractivity contribution is 0.483. The number of benzene rings is 2. The Kier molecular flexibility index (Phi) is 5.27. The summed E-state index contributed by atoms with van der Waals surface area (Å²) in [7, 11) is 0. The van der Waals surface area contributed by atoms with E-state index >= 15 is 0 Å². The Morgan fingerprint density at radius 1 is 1.05 bits per heavy atom. The van der Waals surface area contributed by atoms with Crippen molar-refractivity contribution in [2.75, 3.05) is 5.32 Å². The molecule has 0 aliphatic carbocycles. The molecule has 0 saturated heterocycles. The molecular weight excluding hydrogens is 321 g/mol. The lowest BCUT2D eigenvalue weighted by Crippen LogP contribution is -1.90. The molecule has 2 aromatic rings. The number of hydrogen-bond donors (Lipinski definition) is 1. The van der Waals surface area contributed by atoms with Gasteiger partial charge in [0.2, 0.25) is 0 Å². The molecule has 2 aromatic carbocycles. The van der Waals surface area contributed by atoms with Gasteiger partial charge < -0.3 is 10.1 Å². The summed E-state index contributed by atoms with van der Waals surface area (Å²) in [6.07, 6.45) is 1.34. The molecule has 0 aromatic heterocycles. The summed E-state index contributed by atoms with van der Waals surface area (Å²) < 4.78 is 5.65. The van der Waals surface area contributed by atoms with Crippen molar-refractivity contribution in [3.05, 3.63) is 64.3 Å². The predicted molar refractivity (Wildman–Crippen MR) is 85.9 cm³/mol. The fourth-order valence-electron chi connectivity index (χ4n) is 1.55. The van der Waals surface area contributed by atoms with Crippen LogP contribution in [0.2, 0.25) is 10.0 Å². The van der Waals surface area contributed by atoms with Gasteiger partial charge in [0.15, 0.2) is 0 Å². The summed E-state index contributed by atoms with van der Waals surface area (Å²) in [5.41, 5.74) is 0.714. The highest BCUT2D eigenvalue weighted by Crippen LogP contribution is 2.31. The van der Waals surface area contributed by atoms with E-state index in [0.717, 1.165) is 5.69 Å². The van der Waals surface area contributed by atoms with E-state index in [1.54, 1.807) is 54.6 Å². The van der Waals surface area contributed by atoms with Gasteiger partial charge in [-0.15, -0.1) is 0 Å². The van der Waals surface area contributed by atoms with Gasteiger partial charge in [-0.1, -0.05) is 23.2 Å². The standard InChI is InChI=1S/C16H9Cl2N3O/c17-12-1-6-16(15(18)7-12)22-14-4-2-13(3-5-14)21-10-11(8-19)9-20/h1-7,10,21H. The van der Waals surface area contributed by atoms with E-state index in [0.29, 0.717) is 21.5 Å². The van der Waals surface area contributed by atoms with E-state index in [1.165, 1.54) is 6.20 Å². The van der Waals surface area contributed by atoms with Crippen LogP contribution >= 0.6 is 23.2 Å². The van der Waals surface area contributed by atoms with Crippen LogP contribution in [0.15, 0.2) is 54.2 Å². The number of ether oxygens (including phenoxy) is 1. The Bertz CT molecular complexity index is 771. The highest BCUT2D eigenvalue weighted by atomic mass is 35.5. The highest BCUT2D eigenvalue weighted by molar-refractivity contribution is 6.35. The maximum Gasteiger partial charge on any atom is 0.146 e. The first-order valence-corrected chi connectivity index (χ1v) is 6.88. The quantitative estimate of drug-likeness (QED) is 0.789. The topological polar surface area (TPSA) is 68.8 Å². The Balaban J connectivity index is 2.08. The normalized spacial score (nSPS) is 9.27. The molecule has 0 spiro atoms. The number of nitrogens with zero attached hydrogens (tertiary/aromatic N) is 2. The molecule has 0 amide bonds. The monoisotopic (exact) mass is 329 g/mol. The Morgan fingerprint density at radius 3 is 2.32 bits per heavy atom. The largest absolute Gasteiger partial charge is 0.456 e. The minimum Gasteiger partial charge on any atom is -0.456 e. The van der Waals surface area contributed by atoms with Crippen LogP contribution in [0.5, 0.6) is 11.5 Å². The Morgan fingerprint density at radius 2 is 1.73 bits per heavy atom. The van der Waals surface area contributed by atoms with Crippen LogP contribution in [0, 0.1) is 22.7 Å². The molecule has 22 heavy (non-hydrogen) atoms. The lowest BCUT2D eigenvalue weighted by Gasteiger charge is -2.08. The first-order valence-electron chi connectivity index (χ1n) is 6.12. The molecule has 2 rings (SSSR count). The summed E-state index contributed by atoms with van der Waals surface area (Å²) in [5, 5.41) is 21.1. The molecule has 0 fully saturated rings. The van der Waals surface area contributed by atoms with E-state index in [9.17, 15) is 0 Å². The van der Waals surface area contributed by atoms with Crippen LogP contribution in [0.25, 0.3) is 0 Å². The molecule has 0 aliphatic heterocycles. The van der Waals surface area contributed by atoms with Gasteiger partial charge in [0, 0.05) is 16.9 Å². The number of nitriles is 2. The third-order valence-corrected chi connectivity index (χ3v) is 3.13. The van der Waals surface area contributed by atoms with Gasteiger partial charge in [-0.05, 0) is 42.5 Å². The molecule has 0 saturated carbocycles. The van der Waals surface area contributed by atoms with Crippen LogP contribution in [-0.4, -0.2) is 0 Å². The van der Waals surface area contributed by atoms with Crippen molar-refractivity contribution in [2.45, 2.75) is 0 Å². The second-order valence-corrected chi connectivity index (χ2v) is 4.97. The van der Waals surface area contributed by atoms with Crippen molar-refractivity contribution in [1.29, 1.82) is 10.5 Å². The molecule has 0 bridgehead atoms. The maximum atomic E-state index is 8.64.